The van der Waals surface area contributed by atoms with Crippen molar-refractivity contribution in [3.63, 3.8) is 0 Å². The zero-order valence-electron chi connectivity index (χ0n) is 13.3. The number of methoxy groups -OCH3 is 1. The van der Waals surface area contributed by atoms with E-state index in [0.29, 0.717) is 11.3 Å². The average Bonchev–Trinajstić information content (AvgIpc) is 3.05. The van der Waals surface area contributed by atoms with E-state index in [1.165, 1.54) is 25.4 Å². The number of ether oxygens (including phenoxy) is 1. The maximum atomic E-state index is 12.3. The van der Waals surface area contributed by atoms with E-state index in [1.54, 1.807) is 0 Å². The van der Waals surface area contributed by atoms with Gasteiger partial charge in [-0.25, -0.2) is 4.79 Å². The molecule has 0 aliphatic rings. The zero-order valence-corrected chi connectivity index (χ0v) is 13.3. The molecule has 122 valence electrons. The highest BCUT2D eigenvalue weighted by Crippen LogP contribution is 2.23. The summed E-state index contributed by atoms with van der Waals surface area (Å²) in [6, 6.07) is 12.2. The molecule has 0 fully saturated rings. The summed E-state index contributed by atoms with van der Waals surface area (Å²) in [4.78, 5) is 27.6. The Morgan fingerprint density at radius 1 is 1.21 bits per heavy atom. The van der Waals surface area contributed by atoms with Gasteiger partial charge in [0, 0.05) is 11.6 Å². The van der Waals surface area contributed by atoms with Gasteiger partial charge in [0.15, 0.2) is 0 Å². The van der Waals surface area contributed by atoms with Crippen molar-refractivity contribution < 1.29 is 18.7 Å². The molecule has 3 aromatic rings. The van der Waals surface area contributed by atoms with Gasteiger partial charge in [0.2, 0.25) is 0 Å². The van der Waals surface area contributed by atoms with Gasteiger partial charge in [0.1, 0.15) is 17.0 Å². The summed E-state index contributed by atoms with van der Waals surface area (Å²) in [6.45, 7) is 1.83. The second-order valence-corrected chi connectivity index (χ2v) is 5.31. The topological polar surface area (TPSA) is 81.4 Å². The largest absolute Gasteiger partial charge is 0.465 e. The van der Waals surface area contributed by atoms with Crippen LogP contribution in [0.5, 0.6) is 0 Å². The molecule has 3 rings (SSSR count). The lowest BCUT2D eigenvalue weighted by molar-refractivity contribution is 0.0599. The Hall–Kier alpha value is -3.15. The van der Waals surface area contributed by atoms with E-state index in [1.807, 2.05) is 37.3 Å². The van der Waals surface area contributed by atoms with Crippen molar-refractivity contribution in [2.75, 3.05) is 7.11 Å². The molecule has 0 saturated heterocycles. The Labute approximate surface area is 138 Å². The predicted molar refractivity (Wildman–Crippen MR) is 87.7 cm³/mol. The number of aromatic nitrogens is 1. The van der Waals surface area contributed by atoms with Crippen LogP contribution in [0.25, 0.3) is 11.0 Å². The Morgan fingerprint density at radius 2 is 2.00 bits per heavy atom. The van der Waals surface area contributed by atoms with Gasteiger partial charge in [-0.15, -0.1) is 0 Å². The van der Waals surface area contributed by atoms with E-state index >= 15 is 0 Å². The lowest BCUT2D eigenvalue weighted by atomic mass is 10.2. The molecule has 0 aliphatic carbocycles. The van der Waals surface area contributed by atoms with Gasteiger partial charge >= 0.3 is 5.97 Å². The maximum absolute atomic E-state index is 12.3. The highest BCUT2D eigenvalue weighted by Gasteiger charge is 2.16. The first kappa shape index (κ1) is 15.7. The van der Waals surface area contributed by atoms with E-state index in [4.69, 9.17) is 4.42 Å². The Bertz CT molecular complexity index is 850. The molecule has 1 amide bonds. The van der Waals surface area contributed by atoms with Crippen molar-refractivity contribution in [3.8, 4) is 0 Å². The summed E-state index contributed by atoms with van der Waals surface area (Å²) < 4.78 is 10.3. The van der Waals surface area contributed by atoms with Crippen molar-refractivity contribution in [3.05, 3.63) is 65.7 Å². The Balaban J connectivity index is 1.72. The number of pyridine rings is 1. The summed E-state index contributed by atoms with van der Waals surface area (Å²) in [5.74, 6) is -0.180. The third-order valence-electron chi connectivity index (χ3n) is 3.64. The van der Waals surface area contributed by atoms with Gasteiger partial charge in [0.05, 0.1) is 18.7 Å². The van der Waals surface area contributed by atoms with Gasteiger partial charge in [-0.2, -0.15) is 0 Å². The highest BCUT2D eigenvalue weighted by molar-refractivity contribution is 5.94. The van der Waals surface area contributed by atoms with E-state index in [2.05, 4.69) is 15.0 Å². The van der Waals surface area contributed by atoms with Crippen molar-refractivity contribution in [1.82, 2.24) is 10.3 Å². The van der Waals surface area contributed by atoms with Crippen molar-refractivity contribution in [1.29, 1.82) is 0 Å². The van der Waals surface area contributed by atoms with Gasteiger partial charge in [-0.05, 0) is 31.2 Å². The number of carbonyl (C=O) groups is 2. The van der Waals surface area contributed by atoms with Crippen molar-refractivity contribution in [2.24, 2.45) is 0 Å². The third-order valence-corrected chi connectivity index (χ3v) is 3.64. The number of amides is 1. The van der Waals surface area contributed by atoms with Crippen LogP contribution in [-0.2, 0) is 4.74 Å². The fourth-order valence-corrected chi connectivity index (χ4v) is 2.32. The molecule has 2 heterocycles. The molecule has 0 saturated carbocycles. The SMILES string of the molecule is COC(=O)c1ccc(C(=O)N[C@@H](C)c2cc3ccccc3o2)nc1. The second kappa shape index (κ2) is 6.54. The number of benzene rings is 1. The van der Waals surface area contributed by atoms with Crippen LogP contribution >= 0.6 is 0 Å². The molecule has 1 N–H and O–H groups in total. The van der Waals surface area contributed by atoms with Crippen LogP contribution in [0.15, 0.2) is 53.1 Å². The number of rotatable bonds is 4. The standard InChI is InChI=1S/C18H16N2O4/c1-11(16-9-12-5-3-4-6-15(12)24-16)20-17(21)14-8-7-13(10-19-14)18(22)23-2/h3-11H,1-2H3,(H,20,21)/t11-/m0/s1. The Morgan fingerprint density at radius 3 is 2.67 bits per heavy atom. The lowest BCUT2D eigenvalue weighted by Gasteiger charge is -2.11. The van der Waals surface area contributed by atoms with Gasteiger partial charge < -0.3 is 14.5 Å². The number of para-hydroxylation sites is 1. The molecule has 0 unspecified atom stereocenters. The molecule has 0 spiro atoms. The number of nitrogens with zero attached hydrogens (tertiary/aromatic N) is 1. The monoisotopic (exact) mass is 324 g/mol. The van der Waals surface area contributed by atoms with E-state index < -0.39 is 5.97 Å². The molecule has 2 aromatic heterocycles. The molecule has 0 bridgehead atoms. The fourth-order valence-electron chi connectivity index (χ4n) is 2.32. The first-order valence-corrected chi connectivity index (χ1v) is 7.42. The average molecular weight is 324 g/mol. The van der Waals surface area contributed by atoms with Gasteiger partial charge in [0.25, 0.3) is 5.91 Å². The van der Waals surface area contributed by atoms with Gasteiger partial charge in [-0.3, -0.25) is 9.78 Å². The van der Waals surface area contributed by atoms with Gasteiger partial charge in [-0.1, -0.05) is 18.2 Å². The van der Waals surface area contributed by atoms with E-state index in [0.717, 1.165) is 11.0 Å². The second-order valence-electron chi connectivity index (χ2n) is 5.31. The number of hydrogen-bond acceptors (Lipinski definition) is 5. The summed E-state index contributed by atoms with van der Waals surface area (Å²) in [5.41, 5.74) is 1.28. The maximum Gasteiger partial charge on any atom is 0.339 e. The number of esters is 1. The minimum Gasteiger partial charge on any atom is -0.465 e. The number of fused-ring (bicyclic) bond motifs is 1. The molecule has 1 aromatic carbocycles. The number of carbonyl (C=O) groups excluding carboxylic acids is 2. The molecule has 6 heteroatoms. The summed E-state index contributed by atoms with van der Waals surface area (Å²) in [7, 11) is 1.29. The summed E-state index contributed by atoms with van der Waals surface area (Å²) in [5, 5.41) is 3.81. The first-order valence-electron chi connectivity index (χ1n) is 7.42. The van der Waals surface area contributed by atoms with Crippen LogP contribution in [0, 0.1) is 0 Å². The third kappa shape index (κ3) is 3.12. The summed E-state index contributed by atoms with van der Waals surface area (Å²) in [6.07, 6.45) is 1.31. The number of nitrogens with one attached hydrogen (secondary N) is 1. The predicted octanol–water partition coefficient (Wildman–Crippen LogP) is 3.11. The molecular weight excluding hydrogens is 308 g/mol. The van der Waals surface area contributed by atoms with Crippen LogP contribution < -0.4 is 5.32 Å². The number of furan rings is 1. The molecule has 6 nitrogen and oxygen atoms in total. The molecular formula is C18H16N2O4. The van der Waals surface area contributed by atoms with Crippen molar-refractivity contribution in [2.45, 2.75) is 13.0 Å². The minimum absolute atomic E-state index is 0.214. The Kier molecular flexibility index (Phi) is 4.29. The number of hydrogen-bond donors (Lipinski definition) is 1. The normalized spacial score (nSPS) is 11.9. The summed E-state index contributed by atoms with van der Waals surface area (Å²) >= 11 is 0. The molecule has 1 atom stereocenters. The smallest absolute Gasteiger partial charge is 0.339 e. The van der Waals surface area contributed by atoms with Crippen molar-refractivity contribution >= 4 is 22.8 Å². The molecule has 0 aliphatic heterocycles. The quantitative estimate of drug-likeness (QED) is 0.746. The lowest BCUT2D eigenvalue weighted by Crippen LogP contribution is -2.27. The van der Waals surface area contributed by atoms with Crippen LogP contribution in [0.3, 0.4) is 0 Å². The minimum atomic E-state index is -0.495. The van der Waals surface area contributed by atoms with E-state index in [-0.39, 0.29) is 17.6 Å². The van der Waals surface area contributed by atoms with Crippen LogP contribution in [0.2, 0.25) is 0 Å². The van der Waals surface area contributed by atoms with Crippen LogP contribution in [0.1, 0.15) is 39.6 Å². The molecule has 0 radical (unpaired) electrons. The first-order chi connectivity index (χ1) is 11.6. The van der Waals surface area contributed by atoms with Crippen LogP contribution in [0.4, 0.5) is 0 Å². The van der Waals surface area contributed by atoms with Crippen LogP contribution in [-0.4, -0.2) is 24.0 Å². The molecule has 24 heavy (non-hydrogen) atoms. The van der Waals surface area contributed by atoms with E-state index in [9.17, 15) is 9.59 Å². The fraction of sp³-hybridized carbons (Fsp3) is 0.167. The zero-order chi connectivity index (χ0) is 17.1. The highest BCUT2D eigenvalue weighted by atomic mass is 16.5.